The molecule has 1 aromatic carbocycles. The Morgan fingerprint density at radius 1 is 1.40 bits per heavy atom. The Balaban J connectivity index is 2.48. The lowest BCUT2D eigenvalue weighted by molar-refractivity contribution is -0.0757. The minimum Gasteiger partial charge on any atom is -0.507 e. The van der Waals surface area contributed by atoms with E-state index in [-0.39, 0.29) is 11.4 Å². The summed E-state index contributed by atoms with van der Waals surface area (Å²) in [5.74, 6) is 0.246. The molecule has 0 fully saturated rings. The second-order valence-electron chi connectivity index (χ2n) is 4.32. The fraction of sp³-hybridized carbons (Fsp3) is 0.455. The first-order valence-electron chi connectivity index (χ1n) is 4.77. The van der Waals surface area contributed by atoms with Crippen LogP contribution in [0.4, 0.5) is 0 Å². The van der Waals surface area contributed by atoms with Gasteiger partial charge in [-0.15, -0.1) is 0 Å². The van der Waals surface area contributed by atoms with E-state index >= 15 is 0 Å². The number of nitrogens with one attached hydrogen (secondary N) is 1. The van der Waals surface area contributed by atoms with Crippen molar-refractivity contribution in [3.63, 3.8) is 0 Å². The molecule has 0 saturated heterocycles. The molecule has 0 atom stereocenters. The Bertz CT molecular complexity index is 334. The number of benzene rings is 1. The van der Waals surface area contributed by atoms with Gasteiger partial charge in [0.2, 0.25) is 0 Å². The van der Waals surface area contributed by atoms with E-state index in [1.165, 1.54) is 0 Å². The topological polar surface area (TPSA) is 41.5 Å². The van der Waals surface area contributed by atoms with Gasteiger partial charge in [0.15, 0.2) is 0 Å². The Labute approximate surface area is 98.5 Å². The van der Waals surface area contributed by atoms with E-state index in [1.807, 2.05) is 32.9 Å². The van der Waals surface area contributed by atoms with Gasteiger partial charge in [0.1, 0.15) is 5.75 Å². The molecule has 0 bridgehead atoms. The van der Waals surface area contributed by atoms with Gasteiger partial charge in [-0.2, -0.15) is 5.48 Å². The monoisotopic (exact) mass is 273 g/mol. The van der Waals surface area contributed by atoms with Crippen LogP contribution >= 0.6 is 15.9 Å². The van der Waals surface area contributed by atoms with Gasteiger partial charge in [-0.1, -0.05) is 6.07 Å². The molecular formula is C11H16BrNO2. The number of rotatable bonds is 3. The average molecular weight is 274 g/mol. The number of aromatic hydroxyl groups is 1. The zero-order valence-electron chi connectivity index (χ0n) is 9.17. The number of phenolic OH excluding ortho intramolecular Hbond substituents is 1. The third-order valence-corrected chi connectivity index (χ3v) is 2.30. The first-order chi connectivity index (χ1) is 6.88. The van der Waals surface area contributed by atoms with E-state index in [0.717, 1.165) is 5.56 Å². The molecule has 0 saturated carbocycles. The zero-order valence-corrected chi connectivity index (χ0v) is 10.8. The third kappa shape index (κ3) is 4.64. The molecule has 0 aliphatic carbocycles. The highest BCUT2D eigenvalue weighted by molar-refractivity contribution is 9.10. The van der Waals surface area contributed by atoms with Crippen molar-refractivity contribution in [2.24, 2.45) is 0 Å². The molecule has 4 heteroatoms. The van der Waals surface area contributed by atoms with Crippen molar-refractivity contribution in [3.8, 4) is 5.75 Å². The summed E-state index contributed by atoms with van der Waals surface area (Å²) >= 11 is 3.26. The van der Waals surface area contributed by atoms with Crippen LogP contribution in [0.25, 0.3) is 0 Å². The molecule has 0 amide bonds. The SMILES string of the molecule is CC(C)(C)ONCc1ccc(O)c(Br)c1. The van der Waals surface area contributed by atoms with E-state index in [2.05, 4.69) is 21.4 Å². The van der Waals surface area contributed by atoms with Crippen LogP contribution in [0, 0.1) is 0 Å². The molecule has 2 N–H and O–H groups in total. The summed E-state index contributed by atoms with van der Waals surface area (Å²) in [6.45, 7) is 6.54. The van der Waals surface area contributed by atoms with Crippen LogP contribution in [-0.4, -0.2) is 10.7 Å². The Hall–Kier alpha value is -0.580. The van der Waals surface area contributed by atoms with Gasteiger partial charge in [0.05, 0.1) is 10.1 Å². The van der Waals surface area contributed by atoms with Gasteiger partial charge < -0.3 is 5.11 Å². The standard InChI is InChI=1S/C11H16BrNO2/c1-11(2,3)15-13-7-8-4-5-10(14)9(12)6-8/h4-6,13-14H,7H2,1-3H3. The van der Waals surface area contributed by atoms with Gasteiger partial charge >= 0.3 is 0 Å². The number of phenols is 1. The Morgan fingerprint density at radius 2 is 2.07 bits per heavy atom. The Morgan fingerprint density at radius 3 is 2.60 bits per heavy atom. The molecule has 1 rings (SSSR count). The fourth-order valence-electron chi connectivity index (χ4n) is 0.996. The predicted molar refractivity (Wildman–Crippen MR) is 63.5 cm³/mol. The van der Waals surface area contributed by atoms with Crippen LogP contribution < -0.4 is 5.48 Å². The van der Waals surface area contributed by atoms with Crippen LogP contribution in [0.5, 0.6) is 5.75 Å². The number of halogens is 1. The van der Waals surface area contributed by atoms with Crippen molar-refractivity contribution < 1.29 is 9.94 Å². The maximum atomic E-state index is 9.30. The highest BCUT2D eigenvalue weighted by Gasteiger charge is 2.09. The number of hydrogen-bond acceptors (Lipinski definition) is 3. The highest BCUT2D eigenvalue weighted by Crippen LogP contribution is 2.24. The molecule has 0 aromatic heterocycles. The zero-order chi connectivity index (χ0) is 11.5. The predicted octanol–water partition coefficient (Wildman–Crippen LogP) is 2.97. The lowest BCUT2D eigenvalue weighted by Gasteiger charge is -2.19. The smallest absolute Gasteiger partial charge is 0.129 e. The normalized spacial score (nSPS) is 11.7. The molecule has 0 radical (unpaired) electrons. The van der Waals surface area contributed by atoms with Crippen molar-refractivity contribution in [3.05, 3.63) is 28.2 Å². The summed E-state index contributed by atoms with van der Waals surface area (Å²) in [5, 5.41) is 9.30. The summed E-state index contributed by atoms with van der Waals surface area (Å²) in [5.41, 5.74) is 3.73. The molecular weight excluding hydrogens is 258 g/mol. The number of hydroxylamine groups is 1. The second kappa shape index (κ2) is 4.96. The van der Waals surface area contributed by atoms with E-state index in [1.54, 1.807) is 6.07 Å². The van der Waals surface area contributed by atoms with Crippen molar-refractivity contribution in [2.45, 2.75) is 32.9 Å². The van der Waals surface area contributed by atoms with Crippen LogP contribution in [0.15, 0.2) is 22.7 Å². The lowest BCUT2D eigenvalue weighted by atomic mass is 10.2. The van der Waals surface area contributed by atoms with Gasteiger partial charge in [0, 0.05) is 6.54 Å². The molecule has 0 aliphatic heterocycles. The maximum absolute atomic E-state index is 9.30. The lowest BCUT2D eigenvalue weighted by Crippen LogP contribution is -2.28. The molecule has 1 aromatic rings. The second-order valence-corrected chi connectivity index (χ2v) is 5.18. The van der Waals surface area contributed by atoms with Crippen LogP contribution in [0.1, 0.15) is 26.3 Å². The summed E-state index contributed by atoms with van der Waals surface area (Å²) < 4.78 is 0.692. The van der Waals surface area contributed by atoms with Gasteiger partial charge in [0.25, 0.3) is 0 Å². The minimum absolute atomic E-state index is 0.200. The molecule has 0 unspecified atom stereocenters. The summed E-state index contributed by atoms with van der Waals surface area (Å²) in [7, 11) is 0. The van der Waals surface area contributed by atoms with E-state index in [0.29, 0.717) is 11.0 Å². The third-order valence-electron chi connectivity index (χ3n) is 1.67. The van der Waals surface area contributed by atoms with Gasteiger partial charge in [-0.3, -0.25) is 4.84 Å². The highest BCUT2D eigenvalue weighted by atomic mass is 79.9. The molecule has 0 heterocycles. The van der Waals surface area contributed by atoms with Crippen LogP contribution in [-0.2, 0) is 11.4 Å². The minimum atomic E-state index is -0.200. The van der Waals surface area contributed by atoms with Crippen molar-refractivity contribution in [1.29, 1.82) is 0 Å². The molecule has 3 nitrogen and oxygen atoms in total. The van der Waals surface area contributed by atoms with Crippen LogP contribution in [0.2, 0.25) is 0 Å². The first kappa shape index (κ1) is 12.5. The average Bonchev–Trinajstić information content (AvgIpc) is 2.09. The van der Waals surface area contributed by atoms with Crippen molar-refractivity contribution >= 4 is 15.9 Å². The summed E-state index contributed by atoms with van der Waals surface area (Å²) in [6.07, 6.45) is 0. The Kier molecular flexibility index (Phi) is 4.13. The quantitative estimate of drug-likeness (QED) is 0.832. The molecule has 84 valence electrons. The van der Waals surface area contributed by atoms with Gasteiger partial charge in [-0.05, 0) is 54.4 Å². The largest absolute Gasteiger partial charge is 0.507 e. The summed E-state index contributed by atoms with van der Waals surface area (Å²) in [6, 6.07) is 5.35. The molecule has 15 heavy (non-hydrogen) atoms. The van der Waals surface area contributed by atoms with Gasteiger partial charge in [-0.25, -0.2) is 0 Å². The van der Waals surface area contributed by atoms with Crippen molar-refractivity contribution in [1.82, 2.24) is 5.48 Å². The fourth-order valence-corrected chi connectivity index (χ4v) is 1.42. The summed E-state index contributed by atoms with van der Waals surface area (Å²) in [4.78, 5) is 5.38. The maximum Gasteiger partial charge on any atom is 0.129 e. The molecule has 0 aliphatic rings. The van der Waals surface area contributed by atoms with E-state index in [4.69, 9.17) is 4.84 Å². The molecule has 0 spiro atoms. The van der Waals surface area contributed by atoms with Crippen LogP contribution in [0.3, 0.4) is 0 Å². The van der Waals surface area contributed by atoms with E-state index < -0.39 is 0 Å². The van der Waals surface area contributed by atoms with Crippen molar-refractivity contribution in [2.75, 3.05) is 0 Å². The first-order valence-corrected chi connectivity index (χ1v) is 5.56. The number of hydrogen-bond donors (Lipinski definition) is 2. The van der Waals surface area contributed by atoms with E-state index in [9.17, 15) is 5.11 Å².